The number of rotatable bonds is 8. The van der Waals surface area contributed by atoms with E-state index >= 15 is 0 Å². The largest absolute Gasteiger partial charge is 0.504 e. The zero-order valence-electron chi connectivity index (χ0n) is 17.1. The zero-order chi connectivity index (χ0) is 21.0. The highest BCUT2D eigenvalue weighted by atomic mass is 16.5. The van der Waals surface area contributed by atoms with Crippen LogP contribution in [0.5, 0.6) is 28.7 Å². The molecule has 156 valence electrons. The Bertz CT molecular complexity index is 852. The summed E-state index contributed by atoms with van der Waals surface area (Å²) in [6.07, 6.45) is 1.13. The monoisotopic (exact) mass is 402 g/mol. The maximum atomic E-state index is 12.4. The van der Waals surface area contributed by atoms with Crippen LogP contribution < -0.4 is 18.9 Å². The SMILES string of the molecule is COc1cc(C[C@H]2COC(=O)[C@@H]2Cc2cc(OC)c(OC)c(OC)c2)ccc1O. The van der Waals surface area contributed by atoms with Crippen molar-refractivity contribution in [2.45, 2.75) is 12.8 Å². The van der Waals surface area contributed by atoms with Gasteiger partial charge < -0.3 is 28.8 Å². The third-order valence-corrected chi connectivity index (χ3v) is 5.23. The average molecular weight is 402 g/mol. The van der Waals surface area contributed by atoms with Crippen LogP contribution in [0.3, 0.4) is 0 Å². The molecule has 0 aromatic heterocycles. The van der Waals surface area contributed by atoms with Gasteiger partial charge in [0.25, 0.3) is 0 Å². The smallest absolute Gasteiger partial charge is 0.309 e. The number of hydrogen-bond acceptors (Lipinski definition) is 7. The van der Waals surface area contributed by atoms with E-state index in [0.717, 1.165) is 11.1 Å². The van der Waals surface area contributed by atoms with E-state index < -0.39 is 0 Å². The molecule has 0 aliphatic carbocycles. The number of phenols is 1. The van der Waals surface area contributed by atoms with Crippen LogP contribution in [0, 0.1) is 11.8 Å². The molecule has 2 aromatic carbocycles. The van der Waals surface area contributed by atoms with Gasteiger partial charge >= 0.3 is 5.97 Å². The van der Waals surface area contributed by atoms with Crippen molar-refractivity contribution in [1.29, 1.82) is 0 Å². The van der Waals surface area contributed by atoms with Gasteiger partial charge in [-0.2, -0.15) is 0 Å². The van der Waals surface area contributed by atoms with Crippen molar-refractivity contribution in [2.24, 2.45) is 11.8 Å². The molecule has 0 radical (unpaired) electrons. The molecule has 7 nitrogen and oxygen atoms in total. The first-order valence-electron chi connectivity index (χ1n) is 9.32. The second-order valence-electron chi connectivity index (χ2n) is 6.94. The number of benzene rings is 2. The van der Waals surface area contributed by atoms with Gasteiger partial charge in [0.05, 0.1) is 41.0 Å². The molecular formula is C22H26O7. The van der Waals surface area contributed by atoms with Crippen LogP contribution in [0.2, 0.25) is 0 Å². The Morgan fingerprint density at radius 3 is 2.10 bits per heavy atom. The van der Waals surface area contributed by atoms with Gasteiger partial charge in [-0.15, -0.1) is 0 Å². The molecule has 3 rings (SSSR count). The number of hydrogen-bond donors (Lipinski definition) is 1. The number of cyclic esters (lactones) is 1. The molecular weight excluding hydrogens is 376 g/mol. The molecule has 1 aliphatic heterocycles. The van der Waals surface area contributed by atoms with Crippen molar-refractivity contribution in [2.75, 3.05) is 35.0 Å². The summed E-state index contributed by atoms with van der Waals surface area (Å²) in [4.78, 5) is 12.4. The maximum absolute atomic E-state index is 12.4. The predicted molar refractivity (Wildman–Crippen MR) is 106 cm³/mol. The van der Waals surface area contributed by atoms with Crippen molar-refractivity contribution >= 4 is 5.97 Å². The van der Waals surface area contributed by atoms with Gasteiger partial charge in [0.2, 0.25) is 5.75 Å². The summed E-state index contributed by atoms with van der Waals surface area (Å²) in [5.41, 5.74) is 1.87. The number of aromatic hydroxyl groups is 1. The highest BCUT2D eigenvalue weighted by molar-refractivity contribution is 5.75. The molecule has 1 N–H and O–H groups in total. The molecule has 1 saturated heterocycles. The van der Waals surface area contributed by atoms with Gasteiger partial charge in [-0.1, -0.05) is 6.07 Å². The molecule has 29 heavy (non-hydrogen) atoms. The van der Waals surface area contributed by atoms with Gasteiger partial charge in [-0.25, -0.2) is 0 Å². The zero-order valence-corrected chi connectivity index (χ0v) is 17.1. The van der Waals surface area contributed by atoms with Crippen molar-refractivity contribution in [1.82, 2.24) is 0 Å². The van der Waals surface area contributed by atoms with Gasteiger partial charge in [0.1, 0.15) is 0 Å². The van der Waals surface area contributed by atoms with Gasteiger partial charge in [0, 0.05) is 5.92 Å². The number of esters is 1. The summed E-state index contributed by atoms with van der Waals surface area (Å²) in [6, 6.07) is 8.92. The minimum absolute atomic E-state index is 0.0100. The minimum Gasteiger partial charge on any atom is -0.504 e. The van der Waals surface area contributed by atoms with Crippen molar-refractivity contribution < 1.29 is 33.6 Å². The lowest BCUT2D eigenvalue weighted by Crippen LogP contribution is -2.20. The summed E-state index contributed by atoms with van der Waals surface area (Å²) >= 11 is 0. The van der Waals surface area contributed by atoms with E-state index in [2.05, 4.69) is 0 Å². The van der Waals surface area contributed by atoms with Crippen LogP contribution in [0.4, 0.5) is 0 Å². The molecule has 2 atom stereocenters. The Hall–Kier alpha value is -3.09. The fourth-order valence-corrected chi connectivity index (χ4v) is 3.71. The normalized spacial score (nSPS) is 18.3. The van der Waals surface area contributed by atoms with Gasteiger partial charge in [-0.05, 0) is 48.2 Å². The summed E-state index contributed by atoms with van der Waals surface area (Å²) in [6.45, 7) is 0.358. The van der Waals surface area contributed by atoms with Crippen LogP contribution >= 0.6 is 0 Å². The Morgan fingerprint density at radius 1 is 0.897 bits per heavy atom. The number of ether oxygens (including phenoxy) is 5. The molecule has 7 heteroatoms. The highest BCUT2D eigenvalue weighted by Crippen LogP contribution is 2.40. The first-order valence-corrected chi connectivity index (χ1v) is 9.32. The molecule has 1 heterocycles. The lowest BCUT2D eigenvalue weighted by atomic mass is 9.85. The first-order chi connectivity index (χ1) is 14.0. The van der Waals surface area contributed by atoms with Crippen LogP contribution in [0.1, 0.15) is 11.1 Å². The maximum Gasteiger partial charge on any atom is 0.309 e. The third-order valence-electron chi connectivity index (χ3n) is 5.23. The van der Waals surface area contributed by atoms with Crippen LogP contribution in [0.25, 0.3) is 0 Å². The Labute approximate surface area is 170 Å². The van der Waals surface area contributed by atoms with E-state index in [0.29, 0.717) is 42.4 Å². The van der Waals surface area contributed by atoms with Crippen LogP contribution in [-0.4, -0.2) is 46.1 Å². The van der Waals surface area contributed by atoms with Crippen molar-refractivity contribution in [3.05, 3.63) is 41.5 Å². The van der Waals surface area contributed by atoms with Crippen LogP contribution in [-0.2, 0) is 22.4 Å². The van der Waals surface area contributed by atoms with E-state index in [4.69, 9.17) is 23.7 Å². The van der Waals surface area contributed by atoms with E-state index in [9.17, 15) is 9.90 Å². The van der Waals surface area contributed by atoms with Crippen molar-refractivity contribution in [3.8, 4) is 28.7 Å². The topological polar surface area (TPSA) is 83.5 Å². The summed E-state index contributed by atoms with van der Waals surface area (Å²) < 4.78 is 26.7. The first kappa shape index (κ1) is 20.6. The Morgan fingerprint density at radius 2 is 1.52 bits per heavy atom. The van der Waals surface area contributed by atoms with E-state index in [1.54, 1.807) is 33.5 Å². The lowest BCUT2D eigenvalue weighted by Gasteiger charge is -2.18. The molecule has 0 bridgehead atoms. The minimum atomic E-state index is -0.294. The number of carbonyl (C=O) groups excluding carboxylic acids is 1. The van der Waals surface area contributed by atoms with E-state index in [-0.39, 0.29) is 23.6 Å². The lowest BCUT2D eigenvalue weighted by molar-refractivity contribution is -0.141. The van der Waals surface area contributed by atoms with E-state index in [1.165, 1.54) is 7.11 Å². The van der Waals surface area contributed by atoms with Crippen LogP contribution in [0.15, 0.2) is 30.3 Å². The molecule has 1 aliphatic rings. The molecule has 0 unspecified atom stereocenters. The molecule has 0 amide bonds. The molecule has 2 aromatic rings. The Kier molecular flexibility index (Phi) is 6.36. The summed E-state index contributed by atoms with van der Waals surface area (Å²) in [7, 11) is 6.18. The van der Waals surface area contributed by atoms with Crippen molar-refractivity contribution in [3.63, 3.8) is 0 Å². The highest BCUT2D eigenvalue weighted by Gasteiger charge is 2.37. The number of methoxy groups -OCH3 is 4. The standard InChI is InChI=1S/C22H26O7/c1-25-18-9-13(5-6-17(18)23)7-15-12-29-22(24)16(15)8-14-10-19(26-2)21(28-4)20(11-14)27-3/h5-6,9-11,15-16,23H,7-8,12H2,1-4H3/t15-,16+/m0/s1. The quantitative estimate of drug-likeness (QED) is 0.680. The molecule has 1 fully saturated rings. The van der Waals surface area contributed by atoms with E-state index in [1.807, 2.05) is 18.2 Å². The fraction of sp³-hybridized carbons (Fsp3) is 0.409. The molecule has 0 spiro atoms. The second-order valence-corrected chi connectivity index (χ2v) is 6.94. The Balaban J connectivity index is 1.83. The number of phenolic OH excluding ortho intramolecular Hbond substituents is 1. The second kappa shape index (κ2) is 8.94. The van der Waals surface area contributed by atoms with Gasteiger partial charge in [-0.3, -0.25) is 4.79 Å². The number of carbonyl (C=O) groups is 1. The average Bonchev–Trinajstić information content (AvgIpc) is 3.07. The summed E-state index contributed by atoms with van der Waals surface area (Å²) in [5.74, 6) is 1.61. The van der Waals surface area contributed by atoms with Gasteiger partial charge in [0.15, 0.2) is 23.0 Å². The third kappa shape index (κ3) is 4.34. The predicted octanol–water partition coefficient (Wildman–Crippen LogP) is 3.00. The fourth-order valence-electron chi connectivity index (χ4n) is 3.71. The molecule has 0 saturated carbocycles. The summed E-state index contributed by atoms with van der Waals surface area (Å²) in [5, 5.41) is 9.79.